The molecule has 2 heterocycles. The van der Waals surface area contributed by atoms with Crippen molar-refractivity contribution in [1.82, 2.24) is 20.1 Å². The summed E-state index contributed by atoms with van der Waals surface area (Å²) in [5.41, 5.74) is 0.274. The van der Waals surface area contributed by atoms with Gasteiger partial charge in [0.2, 0.25) is 0 Å². The molecule has 1 saturated heterocycles. The van der Waals surface area contributed by atoms with Crippen LogP contribution in [0.1, 0.15) is 46.9 Å². The van der Waals surface area contributed by atoms with Crippen LogP contribution in [-0.4, -0.2) is 40.1 Å². The minimum Gasteiger partial charge on any atom is -0.381 e. The lowest BCUT2D eigenvalue weighted by atomic mass is 9.82. The van der Waals surface area contributed by atoms with Gasteiger partial charge in [0, 0.05) is 37.1 Å². The molecule has 0 amide bonds. The fourth-order valence-electron chi connectivity index (χ4n) is 2.70. The highest BCUT2D eigenvalue weighted by Crippen LogP contribution is 2.32. The molecular formula is C16H30N4O. The van der Waals surface area contributed by atoms with Crippen LogP contribution in [0.25, 0.3) is 0 Å². The summed E-state index contributed by atoms with van der Waals surface area (Å²) in [6, 6.07) is 0. The zero-order valence-corrected chi connectivity index (χ0v) is 14.1. The van der Waals surface area contributed by atoms with Crippen molar-refractivity contribution < 1.29 is 4.74 Å². The van der Waals surface area contributed by atoms with E-state index in [0.717, 1.165) is 45.0 Å². The van der Waals surface area contributed by atoms with E-state index in [9.17, 15) is 0 Å². The topological polar surface area (TPSA) is 52.0 Å². The van der Waals surface area contributed by atoms with Crippen LogP contribution in [-0.2, 0) is 17.7 Å². The van der Waals surface area contributed by atoms with E-state index >= 15 is 0 Å². The van der Waals surface area contributed by atoms with Gasteiger partial charge in [0.05, 0.1) is 6.61 Å². The molecule has 0 saturated carbocycles. The Morgan fingerprint density at radius 1 is 1.43 bits per heavy atom. The fourth-order valence-corrected chi connectivity index (χ4v) is 2.70. The molecule has 0 radical (unpaired) electrons. The van der Waals surface area contributed by atoms with E-state index in [1.54, 1.807) is 6.33 Å². The number of hydrogen-bond donors (Lipinski definition) is 1. The van der Waals surface area contributed by atoms with Gasteiger partial charge in [-0.25, -0.2) is 9.67 Å². The van der Waals surface area contributed by atoms with E-state index in [4.69, 9.17) is 4.74 Å². The Hall–Kier alpha value is -0.940. The van der Waals surface area contributed by atoms with Gasteiger partial charge in [0.25, 0.3) is 0 Å². The van der Waals surface area contributed by atoms with Gasteiger partial charge < -0.3 is 10.1 Å². The highest BCUT2D eigenvalue weighted by Gasteiger charge is 2.37. The molecule has 1 unspecified atom stereocenters. The molecule has 1 aliphatic heterocycles. The Labute approximate surface area is 128 Å². The summed E-state index contributed by atoms with van der Waals surface area (Å²) in [6.45, 7) is 14.6. The maximum atomic E-state index is 5.70. The lowest BCUT2D eigenvalue weighted by Crippen LogP contribution is -2.45. The summed E-state index contributed by atoms with van der Waals surface area (Å²) in [6.07, 6.45) is 3.70. The van der Waals surface area contributed by atoms with E-state index in [2.05, 4.69) is 54.7 Å². The average molecular weight is 294 g/mol. The molecule has 1 aromatic rings. The third-order valence-corrected chi connectivity index (χ3v) is 3.95. The second-order valence-electron chi connectivity index (χ2n) is 7.84. The Bertz CT molecular complexity index is 441. The fraction of sp³-hybridized carbons (Fsp3) is 0.875. The number of nitrogens with one attached hydrogen (secondary N) is 1. The largest absolute Gasteiger partial charge is 0.381 e. The first kappa shape index (κ1) is 16.4. The van der Waals surface area contributed by atoms with Crippen molar-refractivity contribution in [3.63, 3.8) is 0 Å². The predicted octanol–water partition coefficient (Wildman–Crippen LogP) is 2.27. The molecule has 0 aromatic carbocycles. The maximum absolute atomic E-state index is 5.70. The molecule has 1 atom stereocenters. The van der Waals surface area contributed by atoms with Crippen molar-refractivity contribution in [2.75, 3.05) is 19.8 Å². The highest BCUT2D eigenvalue weighted by molar-refractivity contribution is 4.98. The summed E-state index contributed by atoms with van der Waals surface area (Å²) in [5.74, 6) is 1.67. The minimum absolute atomic E-state index is 0.126. The van der Waals surface area contributed by atoms with Crippen LogP contribution >= 0.6 is 0 Å². The lowest BCUT2D eigenvalue weighted by molar-refractivity contribution is 0.141. The normalized spacial score (nSPS) is 23.1. The van der Waals surface area contributed by atoms with Gasteiger partial charge in [0.1, 0.15) is 12.2 Å². The zero-order chi connectivity index (χ0) is 15.5. The Kier molecular flexibility index (Phi) is 5.04. The van der Waals surface area contributed by atoms with E-state index in [0.29, 0.717) is 5.92 Å². The lowest BCUT2D eigenvalue weighted by Gasteiger charge is -2.32. The van der Waals surface area contributed by atoms with Crippen LogP contribution in [0.4, 0.5) is 0 Å². The van der Waals surface area contributed by atoms with Crippen molar-refractivity contribution in [2.24, 2.45) is 11.3 Å². The van der Waals surface area contributed by atoms with Gasteiger partial charge in [-0.1, -0.05) is 13.8 Å². The van der Waals surface area contributed by atoms with E-state index < -0.39 is 0 Å². The number of ether oxygens (including phenoxy) is 1. The standard InChI is InChI=1S/C16H30N4O/c1-13(2)9-20-14(17-12-19-20)8-16(6-7-21-11-16)10-18-15(3,4)5/h12-13,18H,6-11H2,1-5H3. The van der Waals surface area contributed by atoms with Gasteiger partial charge in [-0.15, -0.1) is 0 Å². The number of hydrogen-bond acceptors (Lipinski definition) is 4. The first-order valence-electron chi connectivity index (χ1n) is 7.99. The van der Waals surface area contributed by atoms with Gasteiger partial charge in [-0.3, -0.25) is 0 Å². The Balaban J connectivity index is 2.08. The molecule has 0 bridgehead atoms. The monoisotopic (exact) mass is 294 g/mol. The molecule has 1 aliphatic rings. The predicted molar refractivity (Wildman–Crippen MR) is 84.2 cm³/mol. The molecule has 1 N–H and O–H groups in total. The number of rotatable bonds is 6. The summed E-state index contributed by atoms with van der Waals surface area (Å²) in [7, 11) is 0. The summed E-state index contributed by atoms with van der Waals surface area (Å²) >= 11 is 0. The molecule has 21 heavy (non-hydrogen) atoms. The van der Waals surface area contributed by atoms with Crippen LogP contribution < -0.4 is 5.32 Å². The Morgan fingerprint density at radius 2 is 2.19 bits per heavy atom. The van der Waals surface area contributed by atoms with Gasteiger partial charge in [-0.05, 0) is 33.1 Å². The summed E-state index contributed by atoms with van der Waals surface area (Å²) < 4.78 is 7.76. The van der Waals surface area contributed by atoms with Gasteiger partial charge in [0.15, 0.2) is 0 Å². The maximum Gasteiger partial charge on any atom is 0.138 e. The molecule has 1 aromatic heterocycles. The van der Waals surface area contributed by atoms with Crippen LogP contribution in [0.15, 0.2) is 6.33 Å². The average Bonchev–Trinajstić information content (AvgIpc) is 2.97. The van der Waals surface area contributed by atoms with Crippen molar-refractivity contribution >= 4 is 0 Å². The number of nitrogens with zero attached hydrogens (tertiary/aromatic N) is 3. The quantitative estimate of drug-likeness (QED) is 0.874. The van der Waals surface area contributed by atoms with Crippen LogP contribution in [0.2, 0.25) is 0 Å². The molecule has 0 aliphatic carbocycles. The highest BCUT2D eigenvalue weighted by atomic mass is 16.5. The first-order valence-corrected chi connectivity index (χ1v) is 7.99. The third-order valence-electron chi connectivity index (χ3n) is 3.95. The molecular weight excluding hydrogens is 264 g/mol. The SMILES string of the molecule is CC(C)Cn1ncnc1CC1(CNC(C)(C)C)CCOC1. The second kappa shape index (κ2) is 6.44. The van der Waals surface area contributed by atoms with E-state index in [1.165, 1.54) is 0 Å². The molecule has 2 rings (SSSR count). The Morgan fingerprint density at radius 3 is 2.76 bits per heavy atom. The van der Waals surface area contributed by atoms with E-state index in [1.807, 2.05) is 0 Å². The van der Waals surface area contributed by atoms with E-state index in [-0.39, 0.29) is 11.0 Å². The van der Waals surface area contributed by atoms with Crippen molar-refractivity contribution in [2.45, 2.75) is 59.5 Å². The molecule has 1 fully saturated rings. The van der Waals surface area contributed by atoms with Crippen LogP contribution in [0, 0.1) is 11.3 Å². The second-order valence-corrected chi connectivity index (χ2v) is 7.84. The summed E-state index contributed by atoms with van der Waals surface area (Å²) in [5, 5.41) is 8.02. The molecule has 0 spiro atoms. The molecule has 120 valence electrons. The van der Waals surface area contributed by atoms with Gasteiger partial charge in [-0.2, -0.15) is 5.10 Å². The minimum atomic E-state index is 0.126. The number of aromatic nitrogens is 3. The molecule has 5 nitrogen and oxygen atoms in total. The van der Waals surface area contributed by atoms with Crippen LogP contribution in [0.5, 0.6) is 0 Å². The van der Waals surface area contributed by atoms with Crippen molar-refractivity contribution in [3.05, 3.63) is 12.2 Å². The van der Waals surface area contributed by atoms with Crippen LogP contribution in [0.3, 0.4) is 0 Å². The first-order chi connectivity index (χ1) is 9.80. The van der Waals surface area contributed by atoms with Gasteiger partial charge >= 0.3 is 0 Å². The third kappa shape index (κ3) is 4.78. The zero-order valence-electron chi connectivity index (χ0n) is 14.1. The summed E-state index contributed by atoms with van der Waals surface area (Å²) in [4.78, 5) is 4.49. The van der Waals surface area contributed by atoms with Crippen molar-refractivity contribution in [3.8, 4) is 0 Å². The molecule has 5 heteroatoms. The van der Waals surface area contributed by atoms with Crippen molar-refractivity contribution in [1.29, 1.82) is 0 Å². The smallest absolute Gasteiger partial charge is 0.138 e.